The van der Waals surface area contributed by atoms with Crippen molar-refractivity contribution in [3.05, 3.63) is 158 Å². The second-order valence-corrected chi connectivity index (χ2v) is 10.7. The Labute approximate surface area is 260 Å². The van der Waals surface area contributed by atoms with Gasteiger partial charge in [-0.2, -0.15) is 0 Å². The molecule has 1 aromatic heterocycles. The third-order valence-corrected chi connectivity index (χ3v) is 8.26. The molecule has 0 amide bonds. The van der Waals surface area contributed by atoms with Crippen molar-refractivity contribution in [2.45, 2.75) is 0 Å². The van der Waals surface area contributed by atoms with E-state index in [1.54, 1.807) is 24.3 Å². The summed E-state index contributed by atoms with van der Waals surface area (Å²) < 4.78 is 77.5. The Morgan fingerprint density at radius 3 is 1.60 bits per heavy atom. The van der Waals surface area contributed by atoms with Crippen LogP contribution in [0, 0.1) is 0 Å². The van der Waals surface area contributed by atoms with Crippen LogP contribution in [-0.2, 0) is 0 Å². The van der Waals surface area contributed by atoms with Gasteiger partial charge in [0.25, 0.3) is 0 Å². The van der Waals surface area contributed by atoms with Crippen LogP contribution in [0.25, 0.3) is 87.6 Å². The monoisotopic (exact) mass is 554 g/mol. The van der Waals surface area contributed by atoms with E-state index in [4.69, 9.17) is 12.6 Å². The maximum Gasteiger partial charge on any atom is 0.136 e. The minimum Gasteiger partial charge on any atom is -0.456 e. The molecule has 1 heteroatoms. The van der Waals surface area contributed by atoms with Gasteiger partial charge in [-0.15, -0.1) is 0 Å². The second kappa shape index (κ2) is 9.44. The Morgan fingerprint density at radius 2 is 0.907 bits per heavy atom. The molecule has 0 atom stereocenters. The summed E-state index contributed by atoms with van der Waals surface area (Å²) in [5, 5.41) is 4.91. The molecular weight excluding hydrogens is 520 g/mol. The zero-order valence-electron chi connectivity index (χ0n) is 30.8. The first-order valence-electron chi connectivity index (χ1n) is 18.1. The summed E-state index contributed by atoms with van der Waals surface area (Å²) in [6.07, 6.45) is 0. The van der Waals surface area contributed by atoms with Gasteiger partial charge in [0.2, 0.25) is 0 Å². The fourth-order valence-corrected chi connectivity index (χ4v) is 6.30. The molecule has 0 spiro atoms. The van der Waals surface area contributed by atoms with E-state index in [2.05, 4.69) is 24.3 Å². The van der Waals surface area contributed by atoms with Gasteiger partial charge in [0, 0.05) is 10.8 Å². The second-order valence-electron chi connectivity index (χ2n) is 10.7. The van der Waals surface area contributed by atoms with Crippen molar-refractivity contribution in [1.82, 2.24) is 0 Å². The molecule has 0 aliphatic rings. The van der Waals surface area contributed by atoms with Crippen LogP contribution in [0.4, 0.5) is 0 Å². The first kappa shape index (κ1) is 17.3. The van der Waals surface area contributed by atoms with Gasteiger partial charge in [-0.05, 0) is 96.0 Å². The number of benzene rings is 8. The number of hydrogen-bond donors (Lipinski definition) is 0. The highest BCUT2D eigenvalue weighted by atomic mass is 16.3. The van der Waals surface area contributed by atoms with Crippen molar-refractivity contribution in [1.29, 1.82) is 0 Å². The van der Waals surface area contributed by atoms with Gasteiger partial charge in [0.15, 0.2) is 0 Å². The molecule has 8 aromatic carbocycles. The van der Waals surface area contributed by atoms with Crippen LogP contribution < -0.4 is 0 Å². The molecule has 200 valence electrons. The lowest BCUT2D eigenvalue weighted by Crippen LogP contribution is -1.91. The maximum atomic E-state index is 9.20. The molecule has 0 unspecified atom stereocenters. The van der Waals surface area contributed by atoms with Gasteiger partial charge in [-0.1, -0.05) is 127 Å². The average molecular weight is 555 g/mol. The lowest BCUT2D eigenvalue weighted by molar-refractivity contribution is 0.669. The van der Waals surface area contributed by atoms with Gasteiger partial charge in [-0.3, -0.25) is 0 Å². The van der Waals surface area contributed by atoms with Crippen molar-refractivity contribution in [2.24, 2.45) is 0 Å². The Bertz CT molecular complexity index is 2870. The fraction of sp³-hybridized carbons (Fsp3) is 0. The highest BCUT2D eigenvalue weighted by molar-refractivity contribution is 6.21. The van der Waals surface area contributed by atoms with Gasteiger partial charge in [-0.25, -0.2) is 0 Å². The van der Waals surface area contributed by atoms with E-state index in [0.29, 0.717) is 22.3 Å². The van der Waals surface area contributed by atoms with Crippen LogP contribution in [0.3, 0.4) is 0 Å². The van der Waals surface area contributed by atoms with E-state index in [0.717, 1.165) is 43.8 Å². The number of rotatable bonds is 3. The summed E-state index contributed by atoms with van der Waals surface area (Å²) in [6, 6.07) is 32.0. The first-order chi connectivity index (χ1) is 24.6. The highest BCUT2D eigenvalue weighted by Crippen LogP contribution is 2.44. The van der Waals surface area contributed by atoms with Crippen molar-refractivity contribution in [3.63, 3.8) is 0 Å². The standard InChI is InChI=1S/C42H26O/c1-2-11-27(12-3-1)41-33-17-6-8-19-35(33)42(36-20-9-7-18-34(36)41)32-16-10-15-28(23-32)31-21-22-39-37(25-31)38-24-29-13-4-5-14-30(29)26-40(38)43-39/h1-26H/i6D,7D,8D,9D,17D,18D,19D,20D. The lowest BCUT2D eigenvalue weighted by atomic mass is 9.85. The SMILES string of the molecule is [2H]c1c([2H])c([2H])c2c(-c3cccc(-c4ccc5oc6cc7ccccc7cc6c5c4)c3)c3c([2H])c([2H])c([2H])c([2H])c3c(-c3ccccc3)c2c1[2H]. The van der Waals surface area contributed by atoms with Crippen LogP contribution in [0.15, 0.2) is 162 Å². The van der Waals surface area contributed by atoms with Crippen molar-refractivity contribution in [3.8, 4) is 33.4 Å². The highest BCUT2D eigenvalue weighted by Gasteiger charge is 2.17. The molecule has 0 saturated carbocycles. The Kier molecular flexibility index (Phi) is 3.80. The third-order valence-electron chi connectivity index (χ3n) is 8.26. The molecule has 0 aliphatic heterocycles. The molecule has 0 aliphatic carbocycles. The van der Waals surface area contributed by atoms with E-state index in [1.165, 1.54) is 0 Å². The molecule has 0 fully saturated rings. The zero-order chi connectivity index (χ0) is 35.3. The third kappa shape index (κ3) is 3.79. The maximum absolute atomic E-state index is 9.20. The van der Waals surface area contributed by atoms with Crippen LogP contribution in [0.2, 0.25) is 0 Å². The smallest absolute Gasteiger partial charge is 0.136 e. The van der Waals surface area contributed by atoms with E-state index in [9.17, 15) is 2.74 Å². The first-order valence-corrected chi connectivity index (χ1v) is 14.1. The van der Waals surface area contributed by atoms with Gasteiger partial charge >= 0.3 is 0 Å². The molecule has 0 radical (unpaired) electrons. The zero-order valence-corrected chi connectivity index (χ0v) is 22.8. The minimum atomic E-state index is -0.422. The lowest BCUT2D eigenvalue weighted by Gasteiger charge is -2.18. The van der Waals surface area contributed by atoms with E-state index < -0.39 is 24.2 Å². The van der Waals surface area contributed by atoms with Crippen LogP contribution in [-0.4, -0.2) is 0 Å². The number of furan rings is 1. The van der Waals surface area contributed by atoms with Crippen molar-refractivity contribution in [2.75, 3.05) is 0 Å². The largest absolute Gasteiger partial charge is 0.456 e. The summed E-state index contributed by atoms with van der Waals surface area (Å²) in [5.74, 6) is 0. The molecule has 43 heavy (non-hydrogen) atoms. The predicted octanol–water partition coefficient (Wildman–Crippen LogP) is 12.0. The number of hydrogen-bond acceptors (Lipinski definition) is 1. The summed E-state index contributed by atoms with van der Waals surface area (Å²) in [5.41, 5.74) is 5.04. The quantitative estimate of drug-likeness (QED) is 0.198. The Morgan fingerprint density at radius 1 is 0.372 bits per heavy atom. The number of fused-ring (bicyclic) bond motifs is 6. The molecule has 1 nitrogen and oxygen atoms in total. The molecule has 1 heterocycles. The fourth-order valence-electron chi connectivity index (χ4n) is 6.30. The molecule has 9 rings (SSSR count). The molecule has 0 N–H and O–H groups in total. The molecular formula is C42H26O. The van der Waals surface area contributed by atoms with E-state index >= 15 is 0 Å². The van der Waals surface area contributed by atoms with Gasteiger partial charge in [0.1, 0.15) is 11.2 Å². The summed E-state index contributed by atoms with van der Waals surface area (Å²) in [4.78, 5) is 0. The van der Waals surface area contributed by atoms with Crippen molar-refractivity contribution >= 4 is 54.3 Å². The molecule has 0 bridgehead atoms. The Hall–Kier alpha value is -5.66. The topological polar surface area (TPSA) is 13.1 Å². The average Bonchev–Trinajstić information content (AvgIpc) is 3.52. The van der Waals surface area contributed by atoms with Crippen LogP contribution >= 0.6 is 0 Å². The normalized spacial score (nSPS) is 14.3. The minimum absolute atomic E-state index is 0.192. The van der Waals surface area contributed by atoms with Gasteiger partial charge in [0.05, 0.1) is 11.0 Å². The van der Waals surface area contributed by atoms with E-state index in [-0.39, 0.29) is 45.7 Å². The van der Waals surface area contributed by atoms with Crippen molar-refractivity contribution < 1.29 is 15.4 Å². The summed E-state index contributed by atoms with van der Waals surface area (Å²) >= 11 is 0. The molecule has 0 saturated heterocycles. The van der Waals surface area contributed by atoms with Crippen LogP contribution in [0.5, 0.6) is 0 Å². The predicted molar refractivity (Wildman–Crippen MR) is 183 cm³/mol. The van der Waals surface area contributed by atoms with E-state index in [1.807, 2.05) is 60.7 Å². The summed E-state index contributed by atoms with van der Waals surface area (Å²) in [7, 11) is 0. The Balaban J connectivity index is 1.38. The van der Waals surface area contributed by atoms with Gasteiger partial charge < -0.3 is 4.42 Å². The summed E-state index contributed by atoms with van der Waals surface area (Å²) in [6.45, 7) is 0. The molecule has 9 aromatic rings. The van der Waals surface area contributed by atoms with Crippen LogP contribution in [0.1, 0.15) is 11.0 Å².